The molecule has 0 saturated heterocycles. The van der Waals surface area contributed by atoms with Crippen molar-refractivity contribution in [2.75, 3.05) is 14.2 Å². The summed E-state index contributed by atoms with van der Waals surface area (Å²) < 4.78 is 5.31. The van der Waals surface area contributed by atoms with Gasteiger partial charge in [0.2, 0.25) is 0 Å². The Bertz CT molecular complexity index is 390. The lowest BCUT2D eigenvalue weighted by Crippen LogP contribution is -2.39. The molecule has 0 amide bonds. The van der Waals surface area contributed by atoms with Gasteiger partial charge in [0, 0.05) is 18.1 Å². The van der Waals surface area contributed by atoms with Crippen LogP contribution >= 0.6 is 0 Å². The second kappa shape index (κ2) is 5.72. The molecule has 2 N–H and O–H groups in total. The van der Waals surface area contributed by atoms with Crippen LogP contribution in [0.1, 0.15) is 37.8 Å². The Hall–Kier alpha value is -1.06. The molecule has 100 valence electrons. The van der Waals surface area contributed by atoms with E-state index in [1.165, 1.54) is 18.4 Å². The van der Waals surface area contributed by atoms with Crippen LogP contribution in [0.4, 0.5) is 0 Å². The summed E-state index contributed by atoms with van der Waals surface area (Å²) in [7, 11) is 3.90. The van der Waals surface area contributed by atoms with E-state index in [1.54, 1.807) is 7.11 Å². The van der Waals surface area contributed by atoms with Gasteiger partial charge < -0.3 is 10.5 Å². The standard InChI is InChI=1S/C15H24N2O/c1-4-14(16)15(17(2)12-8-9-12)11-6-5-7-13(10-11)18-3/h5-7,10,12,14-15H,4,8-9,16H2,1-3H3. The number of nitrogens with two attached hydrogens (primary N) is 1. The Labute approximate surface area is 110 Å². The maximum Gasteiger partial charge on any atom is 0.119 e. The minimum atomic E-state index is 0.169. The fraction of sp³-hybridized carbons (Fsp3) is 0.600. The molecule has 0 radical (unpaired) electrons. The molecule has 0 spiro atoms. The van der Waals surface area contributed by atoms with E-state index in [2.05, 4.69) is 31.0 Å². The van der Waals surface area contributed by atoms with Crippen molar-refractivity contribution >= 4 is 0 Å². The fourth-order valence-corrected chi connectivity index (χ4v) is 2.54. The predicted molar refractivity (Wildman–Crippen MR) is 74.8 cm³/mol. The average Bonchev–Trinajstić information content (AvgIpc) is 3.23. The Kier molecular flexibility index (Phi) is 4.25. The zero-order chi connectivity index (χ0) is 13.1. The van der Waals surface area contributed by atoms with Crippen molar-refractivity contribution in [2.45, 2.75) is 44.3 Å². The molecule has 2 unspecified atom stereocenters. The molecule has 2 rings (SSSR count). The Balaban J connectivity index is 2.25. The largest absolute Gasteiger partial charge is 0.497 e. The van der Waals surface area contributed by atoms with Gasteiger partial charge in [0.15, 0.2) is 0 Å². The average molecular weight is 248 g/mol. The van der Waals surface area contributed by atoms with E-state index in [1.807, 2.05) is 12.1 Å². The molecule has 2 atom stereocenters. The molecule has 1 aliphatic rings. The molecule has 1 aliphatic carbocycles. The molecule has 18 heavy (non-hydrogen) atoms. The lowest BCUT2D eigenvalue weighted by Gasteiger charge is -2.33. The third kappa shape index (κ3) is 2.85. The van der Waals surface area contributed by atoms with Gasteiger partial charge in [-0.05, 0) is 44.0 Å². The van der Waals surface area contributed by atoms with Crippen molar-refractivity contribution in [3.63, 3.8) is 0 Å². The monoisotopic (exact) mass is 248 g/mol. The zero-order valence-corrected chi connectivity index (χ0v) is 11.6. The molecule has 3 heteroatoms. The lowest BCUT2D eigenvalue weighted by molar-refractivity contribution is 0.200. The van der Waals surface area contributed by atoms with E-state index in [-0.39, 0.29) is 12.1 Å². The zero-order valence-electron chi connectivity index (χ0n) is 11.6. The summed E-state index contributed by atoms with van der Waals surface area (Å²) in [4.78, 5) is 2.43. The molecule has 1 aromatic carbocycles. The third-order valence-electron chi connectivity index (χ3n) is 3.87. The van der Waals surface area contributed by atoms with Crippen LogP contribution < -0.4 is 10.5 Å². The summed E-state index contributed by atoms with van der Waals surface area (Å²) >= 11 is 0. The summed E-state index contributed by atoms with van der Waals surface area (Å²) in [5, 5.41) is 0. The second-order valence-electron chi connectivity index (χ2n) is 5.19. The van der Waals surface area contributed by atoms with Gasteiger partial charge in [0.25, 0.3) is 0 Å². The number of benzene rings is 1. The molecule has 0 aliphatic heterocycles. The van der Waals surface area contributed by atoms with Gasteiger partial charge in [-0.15, -0.1) is 0 Å². The maximum absolute atomic E-state index is 6.32. The van der Waals surface area contributed by atoms with Crippen LogP contribution in [-0.4, -0.2) is 31.1 Å². The van der Waals surface area contributed by atoms with Crippen molar-refractivity contribution in [3.05, 3.63) is 29.8 Å². The number of hydrogen-bond acceptors (Lipinski definition) is 3. The van der Waals surface area contributed by atoms with Gasteiger partial charge in [-0.25, -0.2) is 0 Å². The first-order valence-electron chi connectivity index (χ1n) is 6.78. The van der Waals surface area contributed by atoms with Crippen LogP contribution in [0.3, 0.4) is 0 Å². The van der Waals surface area contributed by atoms with Crippen LogP contribution in [0, 0.1) is 0 Å². The Morgan fingerprint density at radius 3 is 2.72 bits per heavy atom. The quantitative estimate of drug-likeness (QED) is 0.841. The number of hydrogen-bond donors (Lipinski definition) is 1. The summed E-state index contributed by atoms with van der Waals surface area (Å²) in [5.41, 5.74) is 7.59. The summed E-state index contributed by atoms with van der Waals surface area (Å²) in [5.74, 6) is 0.907. The van der Waals surface area contributed by atoms with E-state index in [0.717, 1.165) is 12.2 Å². The lowest BCUT2D eigenvalue weighted by atomic mass is 9.96. The second-order valence-corrected chi connectivity index (χ2v) is 5.19. The summed E-state index contributed by atoms with van der Waals surface area (Å²) in [6.07, 6.45) is 3.58. The van der Waals surface area contributed by atoms with Gasteiger partial charge in [-0.3, -0.25) is 4.90 Å². The first-order valence-corrected chi connectivity index (χ1v) is 6.78. The molecule has 0 heterocycles. The van der Waals surface area contributed by atoms with Gasteiger partial charge in [0.1, 0.15) is 5.75 Å². The van der Waals surface area contributed by atoms with Crippen molar-refractivity contribution in [2.24, 2.45) is 5.73 Å². The minimum absolute atomic E-state index is 0.169. The van der Waals surface area contributed by atoms with E-state index in [0.29, 0.717) is 6.04 Å². The van der Waals surface area contributed by atoms with Crippen LogP contribution in [-0.2, 0) is 0 Å². The fourth-order valence-electron chi connectivity index (χ4n) is 2.54. The van der Waals surface area contributed by atoms with Crippen molar-refractivity contribution in [1.82, 2.24) is 4.90 Å². The Morgan fingerprint density at radius 1 is 1.44 bits per heavy atom. The third-order valence-corrected chi connectivity index (χ3v) is 3.87. The van der Waals surface area contributed by atoms with E-state index < -0.39 is 0 Å². The smallest absolute Gasteiger partial charge is 0.119 e. The van der Waals surface area contributed by atoms with Gasteiger partial charge >= 0.3 is 0 Å². The SMILES string of the molecule is CCC(N)C(c1cccc(OC)c1)N(C)C1CC1. The molecule has 0 bridgehead atoms. The van der Waals surface area contributed by atoms with Gasteiger partial charge in [-0.2, -0.15) is 0 Å². The van der Waals surface area contributed by atoms with Crippen molar-refractivity contribution < 1.29 is 4.74 Å². The molecule has 0 aromatic heterocycles. The first kappa shape index (κ1) is 13.4. The highest BCUT2D eigenvalue weighted by Gasteiger charge is 2.34. The molecule has 3 nitrogen and oxygen atoms in total. The molecular formula is C15H24N2O. The number of ether oxygens (including phenoxy) is 1. The maximum atomic E-state index is 6.32. The summed E-state index contributed by atoms with van der Waals surface area (Å²) in [6.45, 7) is 2.15. The van der Waals surface area contributed by atoms with Crippen LogP contribution in [0.15, 0.2) is 24.3 Å². The highest BCUT2D eigenvalue weighted by Crippen LogP contribution is 2.35. The molecule has 1 fully saturated rings. The molecule has 1 aromatic rings. The van der Waals surface area contributed by atoms with Crippen LogP contribution in [0.25, 0.3) is 0 Å². The number of nitrogens with zero attached hydrogens (tertiary/aromatic N) is 1. The van der Waals surface area contributed by atoms with Crippen LogP contribution in [0.2, 0.25) is 0 Å². The van der Waals surface area contributed by atoms with E-state index in [4.69, 9.17) is 10.5 Å². The number of rotatable bonds is 6. The summed E-state index contributed by atoms with van der Waals surface area (Å²) in [6, 6.07) is 9.46. The molecular weight excluding hydrogens is 224 g/mol. The minimum Gasteiger partial charge on any atom is -0.497 e. The van der Waals surface area contributed by atoms with Gasteiger partial charge in [-0.1, -0.05) is 19.1 Å². The van der Waals surface area contributed by atoms with E-state index >= 15 is 0 Å². The predicted octanol–water partition coefficient (Wildman–Crippen LogP) is 2.57. The van der Waals surface area contributed by atoms with Gasteiger partial charge in [0.05, 0.1) is 7.11 Å². The number of likely N-dealkylation sites (N-methyl/N-ethyl adjacent to an activating group) is 1. The van der Waals surface area contributed by atoms with Crippen molar-refractivity contribution in [3.8, 4) is 5.75 Å². The van der Waals surface area contributed by atoms with Crippen LogP contribution in [0.5, 0.6) is 5.75 Å². The molecule has 1 saturated carbocycles. The van der Waals surface area contributed by atoms with E-state index in [9.17, 15) is 0 Å². The normalized spacial score (nSPS) is 18.7. The van der Waals surface area contributed by atoms with Crippen molar-refractivity contribution in [1.29, 1.82) is 0 Å². The number of methoxy groups -OCH3 is 1. The first-order chi connectivity index (χ1) is 8.67. The Morgan fingerprint density at radius 2 is 2.17 bits per heavy atom. The highest BCUT2D eigenvalue weighted by molar-refractivity contribution is 5.31. The highest BCUT2D eigenvalue weighted by atomic mass is 16.5. The topological polar surface area (TPSA) is 38.5 Å².